The van der Waals surface area contributed by atoms with Gasteiger partial charge in [0, 0.05) is 32.5 Å². The van der Waals surface area contributed by atoms with Gasteiger partial charge in [-0.25, -0.2) is 4.98 Å². The van der Waals surface area contributed by atoms with E-state index in [2.05, 4.69) is 15.6 Å². The minimum atomic E-state index is -0.0510. The highest BCUT2D eigenvalue weighted by atomic mass is 16.5. The molecule has 7 heteroatoms. The second-order valence-corrected chi connectivity index (χ2v) is 6.89. The number of rotatable bonds is 9. The minimum absolute atomic E-state index is 0.0504. The molecule has 2 aromatic rings. The zero-order chi connectivity index (χ0) is 19.1. The van der Waals surface area contributed by atoms with E-state index in [4.69, 9.17) is 4.74 Å². The average Bonchev–Trinajstić information content (AvgIpc) is 3.29. The molecule has 1 fully saturated rings. The van der Waals surface area contributed by atoms with E-state index in [0.29, 0.717) is 25.9 Å². The molecular weight excluding hydrogens is 344 g/mol. The molecule has 1 aromatic heterocycles. The molecule has 1 unspecified atom stereocenters. The fourth-order valence-corrected chi connectivity index (χ4v) is 3.35. The predicted octanol–water partition coefficient (Wildman–Crippen LogP) is 1.79. The quantitative estimate of drug-likeness (QED) is 0.703. The molecule has 1 aliphatic heterocycles. The average molecular weight is 372 g/mol. The number of para-hydroxylation sites is 2. The van der Waals surface area contributed by atoms with Gasteiger partial charge >= 0.3 is 0 Å². The number of benzene rings is 1. The third-order valence-corrected chi connectivity index (χ3v) is 4.73. The number of fused-ring (bicyclic) bond motifs is 1. The maximum absolute atomic E-state index is 12.4. The Balaban J connectivity index is 1.64. The summed E-state index contributed by atoms with van der Waals surface area (Å²) in [4.78, 5) is 28.8. The summed E-state index contributed by atoms with van der Waals surface area (Å²) < 4.78 is 7.49. The van der Waals surface area contributed by atoms with E-state index in [1.54, 1.807) is 0 Å². The van der Waals surface area contributed by atoms with Crippen LogP contribution in [-0.4, -0.2) is 47.2 Å². The Kier molecular flexibility index (Phi) is 6.81. The summed E-state index contributed by atoms with van der Waals surface area (Å²) >= 11 is 0. The van der Waals surface area contributed by atoms with Crippen molar-refractivity contribution in [3.63, 3.8) is 0 Å². The van der Waals surface area contributed by atoms with E-state index >= 15 is 0 Å². The van der Waals surface area contributed by atoms with Gasteiger partial charge in [-0.2, -0.15) is 0 Å². The lowest BCUT2D eigenvalue weighted by atomic mass is 10.2. The first-order chi connectivity index (χ1) is 13.2. The molecule has 1 aromatic carbocycles. The van der Waals surface area contributed by atoms with Gasteiger partial charge in [0.2, 0.25) is 11.8 Å². The fraction of sp³-hybridized carbons (Fsp3) is 0.550. The van der Waals surface area contributed by atoms with Crippen molar-refractivity contribution in [3.8, 4) is 0 Å². The van der Waals surface area contributed by atoms with Gasteiger partial charge in [0.1, 0.15) is 12.4 Å². The smallest absolute Gasteiger partial charge is 0.240 e. The number of hydrogen-bond donors (Lipinski definition) is 2. The number of hydrogen-bond acceptors (Lipinski definition) is 4. The molecule has 1 aliphatic rings. The number of amides is 2. The number of nitrogens with one attached hydrogen (secondary N) is 2. The van der Waals surface area contributed by atoms with Gasteiger partial charge in [0.15, 0.2) is 0 Å². The van der Waals surface area contributed by atoms with Gasteiger partial charge in [-0.1, -0.05) is 19.1 Å². The summed E-state index contributed by atoms with van der Waals surface area (Å²) in [7, 11) is 0. The predicted molar refractivity (Wildman–Crippen MR) is 103 cm³/mol. The minimum Gasteiger partial charge on any atom is -0.376 e. The monoisotopic (exact) mass is 372 g/mol. The first-order valence-corrected chi connectivity index (χ1v) is 9.76. The molecule has 0 spiro atoms. The second-order valence-electron chi connectivity index (χ2n) is 6.89. The first kappa shape index (κ1) is 19.4. The van der Waals surface area contributed by atoms with Crippen LogP contribution in [0.5, 0.6) is 0 Å². The lowest BCUT2D eigenvalue weighted by molar-refractivity contribution is -0.122. The maximum Gasteiger partial charge on any atom is 0.240 e. The molecule has 0 bridgehead atoms. The molecular formula is C20H28N4O3. The summed E-state index contributed by atoms with van der Waals surface area (Å²) in [6, 6.07) is 7.78. The van der Waals surface area contributed by atoms with E-state index in [-0.39, 0.29) is 24.5 Å². The van der Waals surface area contributed by atoms with Crippen LogP contribution in [0.1, 0.15) is 38.4 Å². The molecule has 0 radical (unpaired) electrons. The van der Waals surface area contributed by atoms with E-state index in [0.717, 1.165) is 42.7 Å². The van der Waals surface area contributed by atoms with Crippen molar-refractivity contribution in [1.82, 2.24) is 20.2 Å². The molecule has 0 saturated carbocycles. The number of nitrogens with zero attached hydrogens (tertiary/aromatic N) is 2. The van der Waals surface area contributed by atoms with Gasteiger partial charge < -0.3 is 19.9 Å². The van der Waals surface area contributed by atoms with Crippen LogP contribution in [0.2, 0.25) is 0 Å². The first-order valence-electron chi connectivity index (χ1n) is 9.76. The SMILES string of the molecule is CCCC(=O)NCCc1nc2ccccc2n1CC(=O)NCC1CCCO1. The highest BCUT2D eigenvalue weighted by Gasteiger charge is 2.18. The van der Waals surface area contributed by atoms with E-state index < -0.39 is 0 Å². The van der Waals surface area contributed by atoms with Gasteiger partial charge in [0.25, 0.3) is 0 Å². The van der Waals surface area contributed by atoms with Crippen LogP contribution >= 0.6 is 0 Å². The molecule has 2 heterocycles. The van der Waals surface area contributed by atoms with Crippen molar-refractivity contribution in [3.05, 3.63) is 30.1 Å². The molecule has 3 rings (SSSR count). The van der Waals surface area contributed by atoms with Crippen molar-refractivity contribution >= 4 is 22.8 Å². The fourth-order valence-electron chi connectivity index (χ4n) is 3.35. The van der Waals surface area contributed by atoms with Crippen LogP contribution in [-0.2, 0) is 27.3 Å². The Morgan fingerprint density at radius 2 is 2.11 bits per heavy atom. The molecule has 1 saturated heterocycles. The summed E-state index contributed by atoms with van der Waals surface area (Å²) in [6.07, 6.45) is 4.12. The molecule has 1 atom stereocenters. The lowest BCUT2D eigenvalue weighted by Crippen LogP contribution is -2.34. The van der Waals surface area contributed by atoms with Gasteiger partial charge in [-0.3, -0.25) is 9.59 Å². The highest BCUT2D eigenvalue weighted by molar-refractivity contribution is 5.81. The van der Waals surface area contributed by atoms with Gasteiger partial charge in [0.05, 0.1) is 17.1 Å². The zero-order valence-corrected chi connectivity index (χ0v) is 15.9. The van der Waals surface area contributed by atoms with Crippen LogP contribution in [0.3, 0.4) is 0 Å². The Bertz CT molecular complexity index is 781. The van der Waals surface area contributed by atoms with Crippen LogP contribution in [0.15, 0.2) is 24.3 Å². The van der Waals surface area contributed by atoms with Crippen molar-refractivity contribution in [2.45, 2.75) is 51.7 Å². The van der Waals surface area contributed by atoms with Crippen molar-refractivity contribution < 1.29 is 14.3 Å². The molecule has 27 heavy (non-hydrogen) atoms. The highest BCUT2D eigenvalue weighted by Crippen LogP contribution is 2.16. The third-order valence-electron chi connectivity index (χ3n) is 4.73. The topological polar surface area (TPSA) is 85.2 Å². The maximum atomic E-state index is 12.4. The van der Waals surface area contributed by atoms with Gasteiger partial charge in [-0.15, -0.1) is 0 Å². The normalized spacial score (nSPS) is 16.6. The summed E-state index contributed by atoms with van der Waals surface area (Å²) in [6.45, 7) is 4.04. The Morgan fingerprint density at radius 1 is 1.26 bits per heavy atom. The Hall–Kier alpha value is -2.41. The van der Waals surface area contributed by atoms with Crippen LogP contribution in [0.25, 0.3) is 11.0 Å². The van der Waals surface area contributed by atoms with E-state index in [1.165, 1.54) is 0 Å². The summed E-state index contributed by atoms with van der Waals surface area (Å²) in [5, 5.41) is 5.87. The number of imidazole rings is 1. The molecule has 2 N–H and O–H groups in total. The van der Waals surface area contributed by atoms with Crippen LogP contribution < -0.4 is 10.6 Å². The largest absolute Gasteiger partial charge is 0.376 e. The van der Waals surface area contributed by atoms with E-state index in [9.17, 15) is 9.59 Å². The molecule has 146 valence electrons. The molecule has 0 aliphatic carbocycles. The molecule has 2 amide bonds. The zero-order valence-electron chi connectivity index (χ0n) is 15.9. The summed E-state index contributed by atoms with van der Waals surface area (Å²) in [5.74, 6) is 0.805. The van der Waals surface area contributed by atoms with Gasteiger partial charge in [-0.05, 0) is 31.4 Å². The van der Waals surface area contributed by atoms with Crippen molar-refractivity contribution in [2.24, 2.45) is 0 Å². The van der Waals surface area contributed by atoms with Crippen molar-refractivity contribution in [1.29, 1.82) is 0 Å². The number of ether oxygens (including phenoxy) is 1. The number of carbonyl (C=O) groups excluding carboxylic acids is 2. The number of aromatic nitrogens is 2. The lowest BCUT2D eigenvalue weighted by Gasteiger charge is -2.13. The van der Waals surface area contributed by atoms with E-state index in [1.807, 2.05) is 35.8 Å². The second kappa shape index (κ2) is 9.50. The van der Waals surface area contributed by atoms with Crippen molar-refractivity contribution in [2.75, 3.05) is 19.7 Å². The standard InChI is InChI=1S/C20H28N4O3/c1-2-6-19(25)21-11-10-18-23-16-8-3-4-9-17(16)24(18)14-20(26)22-13-15-7-5-12-27-15/h3-4,8-9,15H,2,5-7,10-14H2,1H3,(H,21,25)(H,22,26). The Morgan fingerprint density at radius 3 is 2.89 bits per heavy atom. The molecule has 7 nitrogen and oxygen atoms in total. The number of carbonyl (C=O) groups is 2. The Labute approximate surface area is 159 Å². The third kappa shape index (κ3) is 5.29. The summed E-state index contributed by atoms with van der Waals surface area (Å²) in [5.41, 5.74) is 1.79. The van der Waals surface area contributed by atoms with Crippen LogP contribution in [0.4, 0.5) is 0 Å². The van der Waals surface area contributed by atoms with Crippen LogP contribution in [0, 0.1) is 0 Å².